The third kappa shape index (κ3) is 2.91. The van der Waals surface area contributed by atoms with Gasteiger partial charge in [0.2, 0.25) is 0 Å². The van der Waals surface area contributed by atoms with Crippen molar-refractivity contribution in [3.05, 3.63) is 53.2 Å². The average Bonchev–Trinajstić information content (AvgIpc) is 2.92. The van der Waals surface area contributed by atoms with Crippen molar-refractivity contribution >= 4 is 40.2 Å². The fraction of sp³-hybridized carbons (Fsp3) is 0.0625. The second kappa shape index (κ2) is 5.94. The van der Waals surface area contributed by atoms with Gasteiger partial charge < -0.3 is 14.8 Å². The van der Waals surface area contributed by atoms with Crippen LogP contribution in [-0.4, -0.2) is 23.2 Å². The first-order chi connectivity index (χ1) is 10.6. The summed E-state index contributed by atoms with van der Waals surface area (Å²) in [5.74, 6) is -0.205. The van der Waals surface area contributed by atoms with Crippen LogP contribution in [0.5, 0.6) is 5.75 Å². The monoisotopic (exact) mass is 333 g/mol. The van der Waals surface area contributed by atoms with Crippen molar-refractivity contribution in [2.45, 2.75) is 9.79 Å². The number of fused-ring (bicyclic) bond motifs is 1. The van der Waals surface area contributed by atoms with E-state index in [1.54, 1.807) is 19.2 Å². The number of aromatic carboxylic acids is 1. The van der Waals surface area contributed by atoms with Crippen LogP contribution in [0.3, 0.4) is 0 Å². The normalized spacial score (nSPS) is 10.8. The third-order valence-corrected chi connectivity index (χ3v) is 4.47. The molecular formula is C16H12ClNO3S. The van der Waals surface area contributed by atoms with Gasteiger partial charge in [0.25, 0.3) is 0 Å². The minimum atomic E-state index is -0.993. The minimum Gasteiger partial charge on any atom is -0.497 e. The van der Waals surface area contributed by atoms with Crippen molar-refractivity contribution in [2.75, 3.05) is 7.11 Å². The van der Waals surface area contributed by atoms with E-state index in [1.165, 1.54) is 11.8 Å². The highest BCUT2D eigenvalue weighted by Gasteiger charge is 2.12. The zero-order valence-electron chi connectivity index (χ0n) is 11.6. The van der Waals surface area contributed by atoms with Crippen LogP contribution in [0.15, 0.2) is 52.3 Å². The van der Waals surface area contributed by atoms with Crippen molar-refractivity contribution < 1.29 is 14.6 Å². The molecule has 4 nitrogen and oxygen atoms in total. The largest absolute Gasteiger partial charge is 0.497 e. The number of rotatable bonds is 4. The number of benzene rings is 2. The quantitative estimate of drug-likeness (QED) is 0.727. The van der Waals surface area contributed by atoms with Gasteiger partial charge in [-0.1, -0.05) is 23.4 Å². The van der Waals surface area contributed by atoms with Gasteiger partial charge in [-0.15, -0.1) is 0 Å². The number of carboxylic acid groups (broad SMARTS) is 1. The second-order valence-electron chi connectivity index (χ2n) is 4.63. The summed E-state index contributed by atoms with van der Waals surface area (Å²) in [4.78, 5) is 15.9. The maximum atomic E-state index is 11.1. The molecule has 0 aliphatic carbocycles. The number of carbonyl (C=O) groups is 1. The molecule has 6 heteroatoms. The van der Waals surface area contributed by atoms with Gasteiger partial charge >= 0.3 is 5.97 Å². The Morgan fingerprint density at radius 3 is 2.59 bits per heavy atom. The summed E-state index contributed by atoms with van der Waals surface area (Å²) >= 11 is 7.65. The Bertz CT molecular complexity index is 842. The Balaban J connectivity index is 2.02. The van der Waals surface area contributed by atoms with Gasteiger partial charge in [-0.05, 0) is 42.5 Å². The first-order valence-electron chi connectivity index (χ1n) is 6.44. The molecular weight excluding hydrogens is 322 g/mol. The van der Waals surface area contributed by atoms with Crippen molar-refractivity contribution in [1.82, 2.24) is 4.98 Å². The Morgan fingerprint density at radius 1 is 1.23 bits per heavy atom. The molecule has 3 rings (SSSR count). The number of hydrogen-bond donors (Lipinski definition) is 2. The summed E-state index contributed by atoms with van der Waals surface area (Å²) < 4.78 is 5.14. The van der Waals surface area contributed by atoms with Crippen molar-refractivity contribution in [1.29, 1.82) is 0 Å². The predicted octanol–water partition coefficient (Wildman–Crippen LogP) is 4.68. The lowest BCUT2D eigenvalue weighted by molar-refractivity contribution is 0.0691. The fourth-order valence-electron chi connectivity index (χ4n) is 2.14. The molecule has 22 heavy (non-hydrogen) atoms. The highest BCUT2D eigenvalue weighted by atomic mass is 35.5. The number of nitrogens with one attached hydrogen (secondary N) is 1. The third-order valence-electron chi connectivity index (χ3n) is 3.18. The zero-order valence-corrected chi connectivity index (χ0v) is 13.2. The maximum Gasteiger partial charge on any atom is 0.352 e. The van der Waals surface area contributed by atoms with E-state index in [9.17, 15) is 4.79 Å². The molecule has 2 aromatic carbocycles. The molecule has 0 bridgehead atoms. The molecule has 2 N–H and O–H groups in total. The molecule has 1 aromatic heterocycles. The van der Waals surface area contributed by atoms with Crippen LogP contribution in [0.1, 0.15) is 10.5 Å². The van der Waals surface area contributed by atoms with Crippen molar-refractivity contribution in [2.24, 2.45) is 0 Å². The lowest BCUT2D eigenvalue weighted by atomic mass is 10.2. The van der Waals surface area contributed by atoms with Gasteiger partial charge in [-0.3, -0.25) is 0 Å². The van der Waals surface area contributed by atoms with E-state index >= 15 is 0 Å². The molecule has 0 aliphatic rings. The first-order valence-corrected chi connectivity index (χ1v) is 7.64. The number of ether oxygens (including phenoxy) is 1. The number of carboxylic acids is 1. The van der Waals surface area contributed by atoms with E-state index in [2.05, 4.69) is 4.98 Å². The molecule has 0 amide bonds. The summed E-state index contributed by atoms with van der Waals surface area (Å²) in [6.45, 7) is 0. The molecule has 0 fully saturated rings. The van der Waals surface area contributed by atoms with Crippen LogP contribution in [0, 0.1) is 0 Å². The van der Waals surface area contributed by atoms with Crippen LogP contribution in [0.25, 0.3) is 10.9 Å². The molecule has 0 saturated carbocycles. The number of aromatic amines is 1. The minimum absolute atomic E-state index is 0.147. The molecule has 1 heterocycles. The summed E-state index contributed by atoms with van der Waals surface area (Å²) in [6, 6.07) is 12.8. The summed E-state index contributed by atoms with van der Waals surface area (Å²) in [6.07, 6.45) is 0. The molecule has 0 atom stereocenters. The van der Waals surface area contributed by atoms with Gasteiger partial charge in [0.15, 0.2) is 0 Å². The number of methoxy groups -OCH3 is 1. The van der Waals surface area contributed by atoms with Gasteiger partial charge in [-0.2, -0.15) is 0 Å². The van der Waals surface area contributed by atoms with E-state index in [4.69, 9.17) is 21.4 Å². The van der Waals surface area contributed by atoms with Crippen LogP contribution in [0.4, 0.5) is 0 Å². The Kier molecular flexibility index (Phi) is 4.00. The van der Waals surface area contributed by atoms with Gasteiger partial charge in [0, 0.05) is 25.7 Å². The lowest BCUT2D eigenvalue weighted by Gasteiger charge is -2.05. The SMILES string of the molecule is COc1ccc(Sc2cc(Cl)cc3[nH]c(C(=O)O)cc23)cc1. The average molecular weight is 334 g/mol. The number of halogens is 1. The first kappa shape index (κ1) is 14.8. The molecule has 112 valence electrons. The van der Waals surface area contributed by atoms with Crippen molar-refractivity contribution in [3.63, 3.8) is 0 Å². The standard InChI is InChI=1S/C16H12ClNO3S/c1-21-10-2-4-11(5-3-10)22-15-7-9(17)6-13-12(15)8-14(18-13)16(19)20/h2-8,18H,1H3,(H,19,20). The highest BCUT2D eigenvalue weighted by Crippen LogP contribution is 2.36. The van der Waals surface area contributed by atoms with Crippen LogP contribution in [0.2, 0.25) is 5.02 Å². The molecule has 0 spiro atoms. The lowest BCUT2D eigenvalue weighted by Crippen LogP contribution is -1.94. The van der Waals surface area contributed by atoms with Crippen LogP contribution in [-0.2, 0) is 0 Å². The Hall–Kier alpha value is -2.11. The topological polar surface area (TPSA) is 62.3 Å². The molecule has 3 aromatic rings. The van der Waals surface area contributed by atoms with Gasteiger partial charge in [0.05, 0.1) is 7.11 Å². The summed E-state index contributed by atoms with van der Waals surface area (Å²) in [7, 11) is 1.62. The summed E-state index contributed by atoms with van der Waals surface area (Å²) in [5, 5.41) is 10.5. The Labute approximate surface area is 136 Å². The number of hydrogen-bond acceptors (Lipinski definition) is 3. The Morgan fingerprint density at radius 2 is 1.95 bits per heavy atom. The van der Waals surface area contributed by atoms with Crippen molar-refractivity contribution in [3.8, 4) is 5.75 Å². The van der Waals surface area contributed by atoms with E-state index in [-0.39, 0.29) is 5.69 Å². The summed E-state index contributed by atoms with van der Waals surface area (Å²) in [5.41, 5.74) is 0.856. The number of H-pyrrole nitrogens is 1. The molecule has 0 unspecified atom stereocenters. The molecule has 0 aliphatic heterocycles. The zero-order chi connectivity index (χ0) is 15.7. The van der Waals surface area contributed by atoms with E-state index < -0.39 is 5.97 Å². The van der Waals surface area contributed by atoms with E-state index in [0.29, 0.717) is 10.5 Å². The van der Waals surface area contributed by atoms with E-state index in [1.807, 2.05) is 30.3 Å². The predicted molar refractivity (Wildman–Crippen MR) is 87.4 cm³/mol. The molecule has 0 radical (unpaired) electrons. The van der Waals surface area contributed by atoms with Gasteiger partial charge in [-0.25, -0.2) is 4.79 Å². The van der Waals surface area contributed by atoms with Gasteiger partial charge in [0.1, 0.15) is 11.4 Å². The van der Waals surface area contributed by atoms with E-state index in [0.717, 1.165) is 20.9 Å². The highest BCUT2D eigenvalue weighted by molar-refractivity contribution is 7.99. The van der Waals surface area contributed by atoms with Crippen LogP contribution < -0.4 is 4.74 Å². The molecule has 0 saturated heterocycles. The fourth-order valence-corrected chi connectivity index (χ4v) is 3.41. The smallest absolute Gasteiger partial charge is 0.352 e. The maximum absolute atomic E-state index is 11.1. The second-order valence-corrected chi connectivity index (χ2v) is 6.18. The number of aromatic nitrogens is 1. The van der Waals surface area contributed by atoms with Crippen LogP contribution >= 0.6 is 23.4 Å².